The maximum atomic E-state index is 5.60. The van der Waals surface area contributed by atoms with Crippen molar-refractivity contribution in [3.05, 3.63) is 29.8 Å². The second-order valence-electron chi connectivity index (χ2n) is 3.92. The van der Waals surface area contributed by atoms with Gasteiger partial charge in [-0.2, -0.15) is 0 Å². The third kappa shape index (κ3) is 1.29. The van der Waals surface area contributed by atoms with E-state index in [0.717, 1.165) is 25.4 Å². The predicted molar refractivity (Wildman–Crippen MR) is 54.5 cm³/mol. The van der Waals surface area contributed by atoms with Crippen LogP contribution in [0.5, 0.6) is 5.75 Å². The predicted octanol–water partition coefficient (Wildman–Crippen LogP) is 0.681. The van der Waals surface area contributed by atoms with E-state index in [9.17, 15) is 0 Å². The van der Waals surface area contributed by atoms with E-state index in [4.69, 9.17) is 4.74 Å². The van der Waals surface area contributed by atoms with Gasteiger partial charge in [0, 0.05) is 24.7 Å². The van der Waals surface area contributed by atoms with Crippen LogP contribution < -0.4 is 15.4 Å². The summed E-state index contributed by atoms with van der Waals surface area (Å²) in [7, 11) is 0. The molecule has 14 heavy (non-hydrogen) atoms. The summed E-state index contributed by atoms with van der Waals surface area (Å²) in [6.07, 6.45) is 0. The SMILES string of the molecule is c1ccc2c(c1)OCC2NC1CNC1. The number of rotatable bonds is 2. The molecule has 0 saturated carbocycles. The lowest BCUT2D eigenvalue weighted by Crippen LogP contribution is -2.56. The Morgan fingerprint density at radius 3 is 2.93 bits per heavy atom. The normalized spacial score (nSPS) is 25.3. The fraction of sp³-hybridized carbons (Fsp3) is 0.455. The fourth-order valence-corrected chi connectivity index (χ4v) is 1.99. The van der Waals surface area contributed by atoms with Gasteiger partial charge in [0.15, 0.2) is 0 Å². The largest absolute Gasteiger partial charge is 0.491 e. The first-order chi connectivity index (χ1) is 6.93. The van der Waals surface area contributed by atoms with E-state index in [0.29, 0.717) is 12.1 Å². The smallest absolute Gasteiger partial charge is 0.124 e. The number of para-hydroxylation sites is 1. The molecule has 0 aromatic heterocycles. The summed E-state index contributed by atoms with van der Waals surface area (Å²) in [5, 5.41) is 6.84. The van der Waals surface area contributed by atoms with E-state index >= 15 is 0 Å². The zero-order valence-corrected chi connectivity index (χ0v) is 7.99. The third-order valence-corrected chi connectivity index (χ3v) is 2.92. The molecule has 74 valence electrons. The first-order valence-corrected chi connectivity index (χ1v) is 5.12. The van der Waals surface area contributed by atoms with Crippen molar-refractivity contribution in [3.8, 4) is 5.75 Å². The van der Waals surface area contributed by atoms with Crippen LogP contribution in [-0.2, 0) is 0 Å². The minimum Gasteiger partial charge on any atom is -0.491 e. The number of nitrogens with one attached hydrogen (secondary N) is 2. The van der Waals surface area contributed by atoms with Crippen LogP contribution in [0.3, 0.4) is 0 Å². The highest BCUT2D eigenvalue weighted by Gasteiger charge is 2.27. The number of ether oxygens (including phenoxy) is 1. The molecule has 2 N–H and O–H groups in total. The van der Waals surface area contributed by atoms with Gasteiger partial charge >= 0.3 is 0 Å². The maximum absolute atomic E-state index is 5.60. The first-order valence-electron chi connectivity index (χ1n) is 5.12. The second-order valence-corrected chi connectivity index (χ2v) is 3.92. The van der Waals surface area contributed by atoms with Crippen molar-refractivity contribution in [2.45, 2.75) is 12.1 Å². The lowest BCUT2D eigenvalue weighted by molar-refractivity contribution is 0.270. The highest BCUT2D eigenvalue weighted by Crippen LogP contribution is 2.31. The van der Waals surface area contributed by atoms with E-state index in [2.05, 4.69) is 22.8 Å². The average Bonchev–Trinajstić information content (AvgIpc) is 2.55. The van der Waals surface area contributed by atoms with Crippen LogP contribution in [0.4, 0.5) is 0 Å². The van der Waals surface area contributed by atoms with Crippen molar-refractivity contribution in [1.82, 2.24) is 10.6 Å². The summed E-state index contributed by atoms with van der Waals surface area (Å²) in [4.78, 5) is 0. The number of hydrogen-bond acceptors (Lipinski definition) is 3. The molecule has 0 radical (unpaired) electrons. The van der Waals surface area contributed by atoms with Crippen molar-refractivity contribution in [1.29, 1.82) is 0 Å². The first kappa shape index (κ1) is 8.26. The Balaban J connectivity index is 1.76. The Morgan fingerprint density at radius 1 is 1.29 bits per heavy atom. The molecule has 3 nitrogen and oxygen atoms in total. The topological polar surface area (TPSA) is 33.3 Å². The molecule has 3 heteroatoms. The summed E-state index contributed by atoms with van der Waals surface area (Å²) in [6, 6.07) is 9.28. The number of fused-ring (bicyclic) bond motifs is 1. The fourth-order valence-electron chi connectivity index (χ4n) is 1.99. The van der Waals surface area contributed by atoms with E-state index in [1.807, 2.05) is 12.1 Å². The zero-order valence-electron chi connectivity index (χ0n) is 7.99. The Morgan fingerprint density at radius 2 is 2.14 bits per heavy atom. The number of hydrogen-bond donors (Lipinski definition) is 2. The Kier molecular flexibility index (Phi) is 1.92. The van der Waals surface area contributed by atoms with Gasteiger partial charge in [-0.3, -0.25) is 0 Å². The van der Waals surface area contributed by atoms with Crippen molar-refractivity contribution < 1.29 is 4.74 Å². The average molecular weight is 190 g/mol. The molecule has 1 aromatic carbocycles. The Labute approximate surface area is 83.5 Å². The molecule has 3 rings (SSSR count). The molecule has 2 aliphatic heterocycles. The lowest BCUT2D eigenvalue weighted by Gasteiger charge is -2.30. The molecule has 2 aliphatic rings. The number of benzene rings is 1. The van der Waals surface area contributed by atoms with Gasteiger partial charge in [0.1, 0.15) is 12.4 Å². The van der Waals surface area contributed by atoms with Crippen LogP contribution in [0.15, 0.2) is 24.3 Å². The van der Waals surface area contributed by atoms with Crippen molar-refractivity contribution >= 4 is 0 Å². The molecular formula is C11H14N2O. The molecule has 1 saturated heterocycles. The maximum Gasteiger partial charge on any atom is 0.124 e. The Hall–Kier alpha value is -1.06. The van der Waals surface area contributed by atoms with Crippen molar-refractivity contribution in [2.24, 2.45) is 0 Å². The van der Waals surface area contributed by atoms with Crippen LogP contribution in [0.25, 0.3) is 0 Å². The summed E-state index contributed by atoms with van der Waals surface area (Å²) in [6.45, 7) is 2.94. The van der Waals surface area contributed by atoms with Gasteiger partial charge in [-0.15, -0.1) is 0 Å². The molecule has 1 unspecified atom stereocenters. The zero-order chi connectivity index (χ0) is 9.38. The molecule has 1 fully saturated rings. The van der Waals surface area contributed by atoms with E-state index < -0.39 is 0 Å². The van der Waals surface area contributed by atoms with Crippen LogP contribution in [0, 0.1) is 0 Å². The standard InChI is InChI=1S/C11H14N2O/c1-2-4-11-9(3-1)10(7-14-11)13-8-5-12-6-8/h1-4,8,10,12-13H,5-7H2. The van der Waals surface area contributed by atoms with Gasteiger partial charge < -0.3 is 15.4 Å². The van der Waals surface area contributed by atoms with Gasteiger partial charge in [0.25, 0.3) is 0 Å². The summed E-state index contributed by atoms with van der Waals surface area (Å²) in [5.41, 5.74) is 1.31. The van der Waals surface area contributed by atoms with Gasteiger partial charge in [-0.05, 0) is 6.07 Å². The molecule has 0 aliphatic carbocycles. The highest BCUT2D eigenvalue weighted by atomic mass is 16.5. The third-order valence-electron chi connectivity index (χ3n) is 2.92. The van der Waals surface area contributed by atoms with Gasteiger partial charge in [0.2, 0.25) is 0 Å². The van der Waals surface area contributed by atoms with E-state index in [1.54, 1.807) is 0 Å². The molecule has 2 heterocycles. The summed E-state index contributed by atoms with van der Waals surface area (Å²) >= 11 is 0. The van der Waals surface area contributed by atoms with Crippen LogP contribution >= 0.6 is 0 Å². The van der Waals surface area contributed by atoms with E-state index in [-0.39, 0.29) is 0 Å². The van der Waals surface area contributed by atoms with Crippen molar-refractivity contribution in [3.63, 3.8) is 0 Å². The van der Waals surface area contributed by atoms with Gasteiger partial charge in [0.05, 0.1) is 6.04 Å². The monoisotopic (exact) mass is 190 g/mol. The minimum atomic E-state index is 0.387. The quantitative estimate of drug-likeness (QED) is 0.719. The second kappa shape index (κ2) is 3.26. The van der Waals surface area contributed by atoms with E-state index in [1.165, 1.54) is 5.56 Å². The molecule has 0 bridgehead atoms. The molecule has 0 spiro atoms. The van der Waals surface area contributed by atoms with Crippen LogP contribution in [0.2, 0.25) is 0 Å². The molecule has 1 aromatic rings. The molecule has 1 atom stereocenters. The van der Waals surface area contributed by atoms with Crippen LogP contribution in [0.1, 0.15) is 11.6 Å². The molecular weight excluding hydrogens is 176 g/mol. The highest BCUT2D eigenvalue weighted by molar-refractivity contribution is 5.39. The summed E-state index contributed by atoms with van der Waals surface area (Å²) < 4.78 is 5.60. The van der Waals surface area contributed by atoms with Gasteiger partial charge in [-0.1, -0.05) is 18.2 Å². The Bertz CT molecular complexity index is 336. The minimum absolute atomic E-state index is 0.387. The summed E-state index contributed by atoms with van der Waals surface area (Å²) in [5.74, 6) is 1.04. The lowest BCUT2D eigenvalue weighted by atomic mass is 10.1. The van der Waals surface area contributed by atoms with Crippen molar-refractivity contribution in [2.75, 3.05) is 19.7 Å². The van der Waals surface area contributed by atoms with Crippen LogP contribution in [-0.4, -0.2) is 25.7 Å². The molecule has 0 amide bonds. The van der Waals surface area contributed by atoms with Gasteiger partial charge in [-0.25, -0.2) is 0 Å².